The van der Waals surface area contributed by atoms with Gasteiger partial charge in [-0.2, -0.15) is 10.2 Å². The molecule has 0 fully saturated rings. The molecule has 0 bridgehead atoms. The van der Waals surface area contributed by atoms with Gasteiger partial charge in [-0.05, 0) is 50.8 Å². The Morgan fingerprint density at radius 3 is 2.92 bits per heavy atom. The molecule has 0 saturated heterocycles. The summed E-state index contributed by atoms with van der Waals surface area (Å²) in [5.74, 6) is -0.0764. The van der Waals surface area contributed by atoms with Crippen molar-refractivity contribution in [3.8, 4) is 5.69 Å². The van der Waals surface area contributed by atoms with E-state index in [0.29, 0.717) is 6.54 Å². The third kappa shape index (κ3) is 2.92. The molecular weight excluding hydrogens is 326 g/mol. The summed E-state index contributed by atoms with van der Waals surface area (Å²) in [5.41, 5.74) is 6.24. The third-order valence-corrected chi connectivity index (χ3v) is 5.24. The molecule has 0 unspecified atom stereocenters. The van der Waals surface area contributed by atoms with Gasteiger partial charge in [-0.3, -0.25) is 9.89 Å². The van der Waals surface area contributed by atoms with Gasteiger partial charge in [-0.15, -0.1) is 0 Å². The highest BCUT2D eigenvalue weighted by molar-refractivity contribution is 5.83. The van der Waals surface area contributed by atoms with E-state index in [1.54, 1.807) is 0 Å². The van der Waals surface area contributed by atoms with Crippen molar-refractivity contribution in [1.29, 1.82) is 0 Å². The van der Waals surface area contributed by atoms with E-state index in [2.05, 4.69) is 20.6 Å². The fourth-order valence-corrected chi connectivity index (χ4v) is 3.78. The number of aryl methyl sites for hydroxylation is 2. The number of aromatic amines is 1. The Morgan fingerprint density at radius 2 is 2.12 bits per heavy atom. The van der Waals surface area contributed by atoms with Crippen LogP contribution in [0.4, 0.5) is 0 Å². The maximum Gasteiger partial charge on any atom is 0.229 e. The third-order valence-electron chi connectivity index (χ3n) is 5.24. The van der Waals surface area contributed by atoms with Crippen LogP contribution < -0.4 is 5.32 Å². The lowest BCUT2D eigenvalue weighted by Gasteiger charge is -2.21. The first-order valence-electron chi connectivity index (χ1n) is 9.05. The van der Waals surface area contributed by atoms with Crippen LogP contribution in [-0.4, -0.2) is 25.9 Å². The van der Waals surface area contributed by atoms with Crippen LogP contribution in [0.25, 0.3) is 5.69 Å². The van der Waals surface area contributed by atoms with Crippen molar-refractivity contribution in [2.45, 2.75) is 45.6 Å². The number of hydrogen-bond donors (Lipinski definition) is 2. The molecule has 3 aromatic rings. The zero-order valence-electron chi connectivity index (χ0n) is 15.1. The predicted octanol–water partition coefficient (Wildman–Crippen LogP) is 2.95. The minimum absolute atomic E-state index is 0.0569. The first-order chi connectivity index (χ1) is 12.6. The molecule has 6 heteroatoms. The largest absolute Gasteiger partial charge is 0.351 e. The van der Waals surface area contributed by atoms with Crippen molar-refractivity contribution in [2.75, 3.05) is 0 Å². The Hall–Kier alpha value is -2.89. The number of fused-ring (bicyclic) bond motifs is 1. The van der Waals surface area contributed by atoms with Crippen LogP contribution in [-0.2, 0) is 17.8 Å². The van der Waals surface area contributed by atoms with Gasteiger partial charge in [0.25, 0.3) is 0 Å². The Kier molecular flexibility index (Phi) is 4.32. The average Bonchev–Trinajstić information content (AvgIpc) is 3.25. The van der Waals surface area contributed by atoms with E-state index in [0.717, 1.165) is 47.6 Å². The average molecular weight is 349 g/mol. The van der Waals surface area contributed by atoms with Crippen LogP contribution in [0.3, 0.4) is 0 Å². The number of benzene rings is 1. The maximum atomic E-state index is 12.7. The fraction of sp³-hybridized carbons (Fsp3) is 0.350. The van der Waals surface area contributed by atoms with Gasteiger partial charge < -0.3 is 5.32 Å². The number of rotatable bonds is 4. The molecule has 26 heavy (non-hydrogen) atoms. The molecule has 1 aliphatic rings. The molecule has 2 N–H and O–H groups in total. The van der Waals surface area contributed by atoms with E-state index < -0.39 is 0 Å². The fourth-order valence-electron chi connectivity index (χ4n) is 3.78. The van der Waals surface area contributed by atoms with Gasteiger partial charge >= 0.3 is 0 Å². The van der Waals surface area contributed by atoms with Crippen molar-refractivity contribution in [2.24, 2.45) is 0 Å². The second-order valence-corrected chi connectivity index (χ2v) is 6.87. The van der Waals surface area contributed by atoms with Crippen molar-refractivity contribution in [3.05, 3.63) is 64.7 Å². The van der Waals surface area contributed by atoms with Gasteiger partial charge in [-0.1, -0.05) is 18.2 Å². The van der Waals surface area contributed by atoms with Gasteiger partial charge in [0.15, 0.2) is 0 Å². The normalized spacial score (nSPS) is 16.3. The summed E-state index contributed by atoms with van der Waals surface area (Å²) in [6.07, 6.45) is 4.72. The van der Waals surface area contributed by atoms with E-state index >= 15 is 0 Å². The smallest absolute Gasteiger partial charge is 0.229 e. The Labute approximate surface area is 152 Å². The number of amides is 1. The summed E-state index contributed by atoms with van der Waals surface area (Å²) in [4.78, 5) is 12.7. The van der Waals surface area contributed by atoms with Crippen molar-refractivity contribution >= 4 is 5.91 Å². The second-order valence-electron chi connectivity index (χ2n) is 6.87. The summed E-state index contributed by atoms with van der Waals surface area (Å²) in [6, 6.07) is 10.0. The van der Waals surface area contributed by atoms with Crippen LogP contribution in [0.2, 0.25) is 0 Å². The second kappa shape index (κ2) is 6.78. The lowest BCUT2D eigenvalue weighted by atomic mass is 9.87. The quantitative estimate of drug-likeness (QED) is 0.760. The number of carbonyl (C=O) groups is 1. The molecule has 1 aromatic carbocycles. The number of H-pyrrole nitrogens is 1. The predicted molar refractivity (Wildman–Crippen MR) is 99.2 cm³/mol. The summed E-state index contributed by atoms with van der Waals surface area (Å²) in [5, 5.41) is 14.9. The number of nitrogens with zero attached hydrogens (tertiary/aromatic N) is 3. The van der Waals surface area contributed by atoms with E-state index in [-0.39, 0.29) is 11.8 Å². The molecule has 4 rings (SSSR count). The summed E-state index contributed by atoms with van der Waals surface area (Å²) in [7, 11) is 0. The number of para-hydroxylation sites is 1. The molecular formula is C20H23N5O. The van der Waals surface area contributed by atoms with Crippen LogP contribution in [0, 0.1) is 13.8 Å². The molecule has 2 aromatic heterocycles. The van der Waals surface area contributed by atoms with E-state index in [4.69, 9.17) is 0 Å². The Balaban J connectivity index is 1.51. The molecule has 134 valence electrons. The SMILES string of the molecule is Cc1nn(-c2ccccc2)c(C)c1CNC(=O)[C@@H]1CCCc2cn[nH]c21. The van der Waals surface area contributed by atoms with Crippen molar-refractivity contribution < 1.29 is 4.79 Å². The van der Waals surface area contributed by atoms with Gasteiger partial charge in [-0.25, -0.2) is 4.68 Å². The zero-order chi connectivity index (χ0) is 18.1. The standard InChI is InChI=1S/C20H23N5O/c1-13-18(14(2)25(24-13)16-8-4-3-5-9-16)12-21-20(26)17-10-6-7-15-11-22-23-19(15)17/h3-5,8-9,11,17H,6-7,10,12H2,1-2H3,(H,21,26)(H,22,23)/t17-/m1/s1. The minimum Gasteiger partial charge on any atom is -0.351 e. The van der Waals surface area contributed by atoms with Gasteiger partial charge in [0, 0.05) is 17.8 Å². The Morgan fingerprint density at radius 1 is 1.31 bits per heavy atom. The van der Waals surface area contributed by atoms with Gasteiger partial charge in [0.2, 0.25) is 5.91 Å². The first-order valence-corrected chi connectivity index (χ1v) is 9.05. The van der Waals surface area contributed by atoms with Gasteiger partial charge in [0.05, 0.1) is 29.2 Å². The molecule has 0 radical (unpaired) electrons. The zero-order valence-corrected chi connectivity index (χ0v) is 15.1. The molecule has 0 saturated carbocycles. The van der Waals surface area contributed by atoms with Crippen LogP contribution >= 0.6 is 0 Å². The highest BCUT2D eigenvalue weighted by Gasteiger charge is 2.28. The lowest BCUT2D eigenvalue weighted by Crippen LogP contribution is -2.31. The molecule has 2 heterocycles. The number of hydrogen-bond acceptors (Lipinski definition) is 3. The van der Waals surface area contributed by atoms with Crippen LogP contribution in [0.15, 0.2) is 36.5 Å². The maximum absolute atomic E-state index is 12.7. The topological polar surface area (TPSA) is 75.6 Å². The Bertz CT molecular complexity index is 925. The summed E-state index contributed by atoms with van der Waals surface area (Å²) in [6.45, 7) is 4.52. The van der Waals surface area contributed by atoms with E-state index in [9.17, 15) is 4.79 Å². The van der Waals surface area contributed by atoms with E-state index in [1.807, 2.05) is 55.1 Å². The summed E-state index contributed by atoms with van der Waals surface area (Å²) < 4.78 is 1.93. The van der Waals surface area contributed by atoms with E-state index in [1.165, 1.54) is 5.56 Å². The molecule has 1 amide bonds. The number of aromatic nitrogens is 4. The highest BCUT2D eigenvalue weighted by atomic mass is 16.1. The molecule has 0 aliphatic heterocycles. The lowest BCUT2D eigenvalue weighted by molar-refractivity contribution is -0.123. The van der Waals surface area contributed by atoms with Gasteiger partial charge in [0.1, 0.15) is 0 Å². The number of carbonyl (C=O) groups excluding carboxylic acids is 1. The van der Waals surface area contributed by atoms with Crippen LogP contribution in [0.5, 0.6) is 0 Å². The van der Waals surface area contributed by atoms with Crippen LogP contribution in [0.1, 0.15) is 47.0 Å². The molecule has 0 spiro atoms. The highest BCUT2D eigenvalue weighted by Crippen LogP contribution is 2.30. The molecule has 1 atom stereocenters. The minimum atomic E-state index is -0.133. The summed E-state index contributed by atoms with van der Waals surface area (Å²) >= 11 is 0. The van der Waals surface area contributed by atoms with Crippen molar-refractivity contribution in [1.82, 2.24) is 25.3 Å². The molecule has 6 nitrogen and oxygen atoms in total. The van der Waals surface area contributed by atoms with Crippen molar-refractivity contribution in [3.63, 3.8) is 0 Å². The first kappa shape index (κ1) is 16.6. The number of nitrogens with one attached hydrogen (secondary N) is 2. The monoisotopic (exact) mass is 349 g/mol. The molecule has 1 aliphatic carbocycles.